The predicted octanol–water partition coefficient (Wildman–Crippen LogP) is 3.65. The molecule has 0 saturated carbocycles. The molecule has 1 N–H and O–H groups in total. The van der Waals surface area contributed by atoms with Gasteiger partial charge in [0.05, 0.1) is 40.1 Å². The van der Waals surface area contributed by atoms with Crippen LogP contribution in [-0.4, -0.2) is 70.3 Å². The lowest BCUT2D eigenvalue weighted by molar-refractivity contribution is -0.129. The van der Waals surface area contributed by atoms with Gasteiger partial charge in [0.25, 0.3) is 0 Å². The number of carbonyl (C=O) groups excluding carboxylic acids is 1. The number of rotatable bonds is 6. The Labute approximate surface area is 257 Å². The zero-order valence-corrected chi connectivity index (χ0v) is 25.3. The second kappa shape index (κ2) is 11.7. The normalized spacial score (nSPS) is 16.9. The molecule has 14 heteroatoms. The van der Waals surface area contributed by atoms with Crippen LogP contribution in [0.15, 0.2) is 64.8 Å². The maximum absolute atomic E-state index is 15.9. The maximum atomic E-state index is 15.9. The molecule has 0 radical (unpaired) electrons. The molecule has 3 heterocycles. The number of halogens is 2. The molecule has 11 nitrogen and oxygen atoms in total. The van der Waals surface area contributed by atoms with Crippen molar-refractivity contribution in [1.29, 1.82) is 5.26 Å². The van der Waals surface area contributed by atoms with E-state index in [4.69, 9.17) is 0 Å². The summed E-state index contributed by atoms with van der Waals surface area (Å²) in [7, 11) is -3.92. The lowest BCUT2D eigenvalue weighted by atomic mass is 10.0. The van der Waals surface area contributed by atoms with Gasteiger partial charge in [-0.15, -0.1) is 0 Å². The molecule has 0 bridgehead atoms. The second-order valence-electron chi connectivity index (χ2n) is 10.8. The average molecular weight is 635 g/mol. The van der Waals surface area contributed by atoms with Crippen LogP contribution in [0.2, 0.25) is 0 Å². The fourth-order valence-electron chi connectivity index (χ4n) is 5.67. The molecule has 0 spiro atoms. The molecular weight excluding hydrogens is 606 g/mol. The third kappa shape index (κ3) is 5.51. The van der Waals surface area contributed by atoms with Crippen LogP contribution in [0.1, 0.15) is 18.9 Å². The zero-order valence-electron chi connectivity index (χ0n) is 24.5. The molecule has 2 atom stereocenters. The van der Waals surface area contributed by atoms with Gasteiger partial charge in [0, 0.05) is 25.4 Å². The van der Waals surface area contributed by atoms with Gasteiger partial charge in [-0.25, -0.2) is 31.5 Å². The Balaban J connectivity index is 1.87. The highest BCUT2D eigenvalue weighted by atomic mass is 32.2. The van der Waals surface area contributed by atoms with Crippen LogP contribution in [0.5, 0.6) is 5.75 Å². The molecule has 4 aromatic rings. The van der Waals surface area contributed by atoms with Gasteiger partial charge in [0.2, 0.25) is 5.91 Å². The van der Waals surface area contributed by atoms with E-state index in [0.717, 1.165) is 35.1 Å². The van der Waals surface area contributed by atoms with E-state index in [1.165, 1.54) is 23.1 Å². The van der Waals surface area contributed by atoms with E-state index in [0.29, 0.717) is 5.56 Å². The topological polar surface area (TPSA) is 149 Å². The van der Waals surface area contributed by atoms with Crippen molar-refractivity contribution in [2.45, 2.75) is 37.2 Å². The summed E-state index contributed by atoms with van der Waals surface area (Å²) in [5.74, 6) is -3.05. The van der Waals surface area contributed by atoms with Crippen molar-refractivity contribution in [3.05, 3.63) is 82.8 Å². The van der Waals surface area contributed by atoms with Gasteiger partial charge < -0.3 is 14.9 Å². The minimum absolute atomic E-state index is 0.0274. The van der Waals surface area contributed by atoms with Gasteiger partial charge in [0.15, 0.2) is 21.3 Å². The predicted molar refractivity (Wildman–Crippen MR) is 163 cm³/mol. The molecule has 1 fully saturated rings. The summed E-state index contributed by atoms with van der Waals surface area (Å²) in [6.07, 6.45) is 2.06. The van der Waals surface area contributed by atoms with Gasteiger partial charge in [-0.1, -0.05) is 24.8 Å². The first-order valence-electron chi connectivity index (χ1n) is 13.8. The zero-order chi connectivity index (χ0) is 32.8. The number of phenols is 1. The Kier molecular flexibility index (Phi) is 8.15. The smallest absolute Gasteiger partial charge is 0.355 e. The van der Waals surface area contributed by atoms with Gasteiger partial charge >= 0.3 is 5.69 Å². The molecule has 232 valence electrons. The van der Waals surface area contributed by atoms with Crippen LogP contribution in [-0.2, 0) is 14.6 Å². The van der Waals surface area contributed by atoms with Crippen molar-refractivity contribution < 1.29 is 27.1 Å². The van der Waals surface area contributed by atoms with Crippen molar-refractivity contribution in [3.63, 3.8) is 0 Å². The van der Waals surface area contributed by atoms with Crippen molar-refractivity contribution >= 4 is 32.6 Å². The number of piperazine rings is 1. The van der Waals surface area contributed by atoms with Crippen LogP contribution in [0, 0.1) is 29.9 Å². The summed E-state index contributed by atoms with van der Waals surface area (Å²) in [5, 5.41) is 19.9. The van der Waals surface area contributed by atoms with Crippen LogP contribution >= 0.6 is 0 Å². The maximum Gasteiger partial charge on any atom is 0.355 e. The van der Waals surface area contributed by atoms with Crippen LogP contribution in [0.3, 0.4) is 0 Å². The second-order valence-corrected chi connectivity index (χ2v) is 12.8. The summed E-state index contributed by atoms with van der Waals surface area (Å²) in [6, 6.07) is 9.71. The van der Waals surface area contributed by atoms with E-state index in [9.17, 15) is 32.8 Å². The largest absolute Gasteiger partial charge is 0.507 e. The number of hydrogen-bond donors (Lipinski definition) is 1. The van der Waals surface area contributed by atoms with Gasteiger partial charge in [0.1, 0.15) is 23.1 Å². The summed E-state index contributed by atoms with van der Waals surface area (Å²) in [6.45, 7) is 7.02. The number of carbonyl (C=O) groups is 1. The van der Waals surface area contributed by atoms with Gasteiger partial charge in [-0.3, -0.25) is 4.79 Å². The van der Waals surface area contributed by atoms with E-state index in [2.05, 4.69) is 22.6 Å². The lowest BCUT2D eigenvalue weighted by Gasteiger charge is -2.45. The van der Waals surface area contributed by atoms with E-state index in [1.54, 1.807) is 24.8 Å². The van der Waals surface area contributed by atoms with Gasteiger partial charge in [-0.05, 0) is 49.8 Å². The minimum atomic E-state index is -3.92. The summed E-state index contributed by atoms with van der Waals surface area (Å²) < 4.78 is 57.5. The first-order valence-corrected chi connectivity index (χ1v) is 15.6. The Morgan fingerprint density at radius 1 is 1.18 bits per heavy atom. The average Bonchev–Trinajstić information content (AvgIpc) is 2.97. The number of benzene rings is 2. The number of pyridine rings is 1. The van der Waals surface area contributed by atoms with E-state index >= 15 is 4.39 Å². The van der Waals surface area contributed by atoms with E-state index < -0.39 is 56.3 Å². The monoisotopic (exact) mass is 634 g/mol. The van der Waals surface area contributed by atoms with Crippen LogP contribution in [0.4, 0.5) is 14.6 Å². The SMILES string of the molecule is C=CC(=O)N1C[C@H](C)N(c2nc(=O)n(-c3c(C)cccc3S(C)(=O)=O)c3nc(-c4c(O)cccc4F)c(F)cc23)C[C@@H]1CC#N. The molecule has 1 amide bonds. The number of aromatic hydroxyl groups is 1. The number of hydrogen-bond acceptors (Lipinski definition) is 9. The van der Waals surface area contributed by atoms with Gasteiger partial charge in [-0.2, -0.15) is 10.2 Å². The fourth-order valence-corrected chi connectivity index (χ4v) is 6.60. The molecule has 0 unspecified atom stereocenters. The van der Waals surface area contributed by atoms with Crippen molar-refractivity contribution in [1.82, 2.24) is 19.4 Å². The number of para-hydroxylation sites is 1. The molecule has 5 rings (SSSR count). The Morgan fingerprint density at radius 3 is 2.53 bits per heavy atom. The number of fused-ring (bicyclic) bond motifs is 1. The highest BCUT2D eigenvalue weighted by Crippen LogP contribution is 2.37. The number of nitrogens with zero attached hydrogens (tertiary/aromatic N) is 6. The van der Waals surface area contributed by atoms with E-state index in [1.807, 2.05) is 0 Å². The summed E-state index contributed by atoms with van der Waals surface area (Å²) in [4.78, 5) is 38.1. The first kappa shape index (κ1) is 31.3. The summed E-state index contributed by atoms with van der Waals surface area (Å²) >= 11 is 0. The number of aromatic nitrogens is 3. The molecule has 2 aromatic carbocycles. The first-order chi connectivity index (χ1) is 21.3. The third-order valence-corrected chi connectivity index (χ3v) is 8.88. The standard InChI is InChI=1S/C31H28F2N6O5S/c1-5-25(41)38-15-18(3)37(16-19(38)12-13-34)29-20-14-22(33)27(26-21(32)9-7-10-23(26)40)35-30(20)39(31(42)36-29)28-17(2)8-6-11-24(28)45(4,43)44/h5-11,14,18-19,40H,1,12,15-16H2,2-4H3/t18-,19-/m0/s1. The minimum Gasteiger partial charge on any atom is -0.507 e. The number of amides is 1. The summed E-state index contributed by atoms with van der Waals surface area (Å²) in [5.41, 5.74) is -2.11. The Bertz CT molecular complexity index is 2070. The molecular formula is C31H28F2N6O5S. The van der Waals surface area contributed by atoms with Crippen LogP contribution < -0.4 is 10.6 Å². The molecule has 1 aliphatic rings. The molecule has 1 saturated heterocycles. The fraction of sp³-hybridized carbons (Fsp3) is 0.258. The van der Waals surface area contributed by atoms with Crippen molar-refractivity contribution in [3.8, 4) is 28.8 Å². The number of sulfone groups is 1. The molecule has 1 aliphatic heterocycles. The quantitative estimate of drug-likeness (QED) is 0.314. The van der Waals surface area contributed by atoms with Crippen molar-refractivity contribution in [2.75, 3.05) is 24.2 Å². The third-order valence-electron chi connectivity index (χ3n) is 7.75. The lowest BCUT2D eigenvalue weighted by Crippen LogP contribution is -2.59. The van der Waals surface area contributed by atoms with E-state index in [-0.39, 0.29) is 52.9 Å². The van der Waals surface area contributed by atoms with Crippen molar-refractivity contribution in [2.24, 2.45) is 0 Å². The molecule has 0 aliphatic carbocycles. The Hall–Kier alpha value is -5.16. The Morgan fingerprint density at radius 2 is 1.89 bits per heavy atom. The number of anilines is 1. The molecule has 45 heavy (non-hydrogen) atoms. The highest BCUT2D eigenvalue weighted by molar-refractivity contribution is 7.90. The highest BCUT2D eigenvalue weighted by Gasteiger charge is 2.36. The number of phenolic OH excluding ortho intramolecular Hbond substituents is 1. The number of nitriles is 1. The van der Waals surface area contributed by atoms with Crippen LogP contribution in [0.25, 0.3) is 28.0 Å². The molecule has 2 aromatic heterocycles. The number of aryl methyl sites for hydroxylation is 1.